The molecule has 1 aliphatic rings. The van der Waals surface area contributed by atoms with Gasteiger partial charge in [-0.3, -0.25) is 4.79 Å². The number of hydrogen-bond donors (Lipinski definition) is 2. The van der Waals surface area contributed by atoms with Gasteiger partial charge >= 0.3 is 5.97 Å². The lowest BCUT2D eigenvalue weighted by Crippen LogP contribution is -2.45. The van der Waals surface area contributed by atoms with Gasteiger partial charge in [-0.1, -0.05) is 23.2 Å². The highest BCUT2D eigenvalue weighted by molar-refractivity contribution is 6.44. The number of piperidine rings is 1. The van der Waals surface area contributed by atoms with Gasteiger partial charge in [-0.2, -0.15) is 4.98 Å². The van der Waals surface area contributed by atoms with Gasteiger partial charge in [0.15, 0.2) is 5.69 Å². The number of halogens is 2. The molecule has 2 aromatic heterocycles. The van der Waals surface area contributed by atoms with Crippen molar-refractivity contribution in [3.05, 3.63) is 33.2 Å². The average Bonchev–Trinajstić information content (AvgIpc) is 3.00. The Hall–Kier alpha value is -2.52. The highest BCUT2D eigenvalue weighted by Gasteiger charge is 2.26. The monoisotopic (exact) mass is 441 g/mol. The van der Waals surface area contributed by atoms with Gasteiger partial charge < -0.3 is 24.7 Å². The normalized spacial score (nSPS) is 14.6. The summed E-state index contributed by atoms with van der Waals surface area (Å²) in [5.41, 5.74) is 1.03. The van der Waals surface area contributed by atoms with Crippen molar-refractivity contribution >= 4 is 41.0 Å². The maximum Gasteiger partial charge on any atom is 0.357 e. The Kier molecular flexibility index (Phi) is 6.49. The third-order valence-corrected chi connectivity index (χ3v) is 5.64. The van der Waals surface area contributed by atoms with Gasteiger partial charge in [0, 0.05) is 30.9 Å². The molecule has 0 aliphatic carbocycles. The largest absolute Gasteiger partial charge is 0.481 e. The van der Waals surface area contributed by atoms with E-state index in [9.17, 15) is 9.59 Å². The number of anilines is 1. The predicted molar refractivity (Wildman–Crippen MR) is 108 cm³/mol. The van der Waals surface area contributed by atoms with Gasteiger partial charge in [-0.15, -0.1) is 0 Å². The highest BCUT2D eigenvalue weighted by atomic mass is 35.5. The fourth-order valence-corrected chi connectivity index (χ4v) is 3.49. The molecule has 0 saturated carbocycles. The van der Waals surface area contributed by atoms with Crippen molar-refractivity contribution < 1.29 is 19.1 Å². The van der Waals surface area contributed by atoms with Crippen LogP contribution in [0.25, 0.3) is 0 Å². The Labute approximate surface area is 177 Å². The number of rotatable bonds is 5. The number of nitrogens with zero attached hydrogens (tertiary/aromatic N) is 3. The van der Waals surface area contributed by atoms with Crippen molar-refractivity contribution in [2.75, 3.05) is 32.2 Å². The number of hydrogen-bond acceptors (Lipinski definition) is 7. The molecule has 3 rings (SSSR count). The highest BCUT2D eigenvalue weighted by Crippen LogP contribution is 2.29. The van der Waals surface area contributed by atoms with E-state index in [4.69, 9.17) is 32.7 Å². The quantitative estimate of drug-likeness (QED) is 0.686. The Morgan fingerprint density at radius 3 is 2.45 bits per heavy atom. The zero-order valence-corrected chi connectivity index (χ0v) is 17.7. The summed E-state index contributed by atoms with van der Waals surface area (Å²) in [6.45, 7) is 2.94. The molecule has 1 amide bonds. The summed E-state index contributed by atoms with van der Waals surface area (Å²) in [5, 5.41) is 3.54. The number of nitrogens with one attached hydrogen (secondary N) is 2. The summed E-state index contributed by atoms with van der Waals surface area (Å²) in [7, 11) is 2.75. The van der Waals surface area contributed by atoms with Crippen LogP contribution in [-0.2, 0) is 4.74 Å². The van der Waals surface area contributed by atoms with Crippen molar-refractivity contribution in [3.63, 3.8) is 0 Å². The number of carbonyl (C=O) groups is 2. The van der Waals surface area contributed by atoms with Gasteiger partial charge in [0.25, 0.3) is 5.91 Å². The molecule has 2 aromatic rings. The van der Waals surface area contributed by atoms with Crippen molar-refractivity contribution in [2.45, 2.75) is 25.8 Å². The van der Waals surface area contributed by atoms with E-state index in [2.05, 4.69) is 20.3 Å². The Morgan fingerprint density at radius 1 is 1.21 bits per heavy atom. The van der Waals surface area contributed by atoms with E-state index in [0.29, 0.717) is 42.6 Å². The number of carbonyl (C=O) groups excluding carboxylic acids is 2. The standard InChI is InChI=1S/C18H21Cl2N5O4/c1-9-13(19)14(20)15(21-9)16(26)22-10-4-6-25(7-5-10)18-23-11(17(27)29-3)8-12(24-18)28-2/h8,10,21H,4-7H2,1-3H3,(H,22,26). The van der Waals surface area contributed by atoms with Crippen LogP contribution in [0.3, 0.4) is 0 Å². The second-order valence-electron chi connectivity index (χ2n) is 6.57. The van der Waals surface area contributed by atoms with Crippen LogP contribution < -0.4 is 15.0 Å². The Morgan fingerprint density at radius 2 is 1.90 bits per heavy atom. The fourth-order valence-electron chi connectivity index (χ4n) is 3.08. The molecule has 0 unspecified atom stereocenters. The first-order chi connectivity index (χ1) is 13.8. The number of H-pyrrole nitrogens is 1. The molecule has 1 fully saturated rings. The van der Waals surface area contributed by atoms with Gasteiger partial charge in [0.1, 0.15) is 5.69 Å². The number of aromatic nitrogens is 3. The van der Waals surface area contributed by atoms with Crippen molar-refractivity contribution in [3.8, 4) is 5.88 Å². The molecule has 3 heterocycles. The maximum absolute atomic E-state index is 12.5. The minimum absolute atomic E-state index is 0.0390. The van der Waals surface area contributed by atoms with E-state index >= 15 is 0 Å². The molecule has 29 heavy (non-hydrogen) atoms. The molecule has 0 radical (unpaired) electrons. The van der Waals surface area contributed by atoms with E-state index in [1.807, 2.05) is 4.90 Å². The molecule has 1 aliphatic heterocycles. The molecule has 1 saturated heterocycles. The molecule has 2 N–H and O–H groups in total. The van der Waals surface area contributed by atoms with Crippen LogP contribution in [0.15, 0.2) is 6.07 Å². The topological polar surface area (TPSA) is 109 Å². The van der Waals surface area contributed by atoms with E-state index < -0.39 is 5.97 Å². The van der Waals surface area contributed by atoms with Crippen LogP contribution in [0.2, 0.25) is 10.0 Å². The molecule has 0 bridgehead atoms. The summed E-state index contributed by atoms with van der Waals surface area (Å²) in [6.07, 6.45) is 1.34. The van der Waals surface area contributed by atoms with E-state index in [1.165, 1.54) is 20.3 Å². The Balaban J connectivity index is 1.65. The SMILES string of the molecule is COC(=O)c1cc(OC)nc(N2CCC(NC(=O)c3[nH]c(C)c(Cl)c3Cl)CC2)n1. The van der Waals surface area contributed by atoms with Crippen LogP contribution in [0, 0.1) is 6.92 Å². The van der Waals surface area contributed by atoms with Gasteiger partial charge in [0.2, 0.25) is 11.8 Å². The summed E-state index contributed by atoms with van der Waals surface area (Å²) < 4.78 is 9.88. The number of amides is 1. The summed E-state index contributed by atoms with van der Waals surface area (Å²) >= 11 is 12.1. The zero-order chi connectivity index (χ0) is 21.1. The number of esters is 1. The first kappa shape index (κ1) is 21.2. The Bertz CT molecular complexity index is 925. The average molecular weight is 442 g/mol. The van der Waals surface area contributed by atoms with E-state index in [-0.39, 0.29) is 34.2 Å². The number of methoxy groups -OCH3 is 2. The minimum atomic E-state index is -0.564. The molecule has 0 aromatic carbocycles. The maximum atomic E-state index is 12.5. The molecular formula is C18H21Cl2N5O4. The molecule has 0 spiro atoms. The molecule has 9 nitrogen and oxygen atoms in total. The number of aromatic amines is 1. The third-order valence-electron chi connectivity index (χ3n) is 4.69. The lowest BCUT2D eigenvalue weighted by molar-refractivity contribution is 0.0593. The first-order valence-corrected chi connectivity index (χ1v) is 9.70. The van der Waals surface area contributed by atoms with Crippen LogP contribution in [0.5, 0.6) is 5.88 Å². The lowest BCUT2D eigenvalue weighted by atomic mass is 10.1. The summed E-state index contributed by atoms with van der Waals surface area (Å²) in [5.74, 6) is -0.205. The van der Waals surface area contributed by atoms with E-state index in [0.717, 1.165) is 0 Å². The number of aryl methyl sites for hydroxylation is 1. The smallest absolute Gasteiger partial charge is 0.357 e. The van der Waals surface area contributed by atoms with Gasteiger partial charge in [-0.05, 0) is 19.8 Å². The molecule has 0 atom stereocenters. The second-order valence-corrected chi connectivity index (χ2v) is 7.33. The molecular weight excluding hydrogens is 421 g/mol. The first-order valence-electron chi connectivity index (χ1n) is 8.94. The van der Waals surface area contributed by atoms with Crippen LogP contribution >= 0.6 is 23.2 Å². The molecule has 11 heteroatoms. The van der Waals surface area contributed by atoms with Crippen molar-refractivity contribution in [1.82, 2.24) is 20.3 Å². The van der Waals surface area contributed by atoms with Gasteiger partial charge in [0.05, 0.1) is 24.3 Å². The van der Waals surface area contributed by atoms with E-state index in [1.54, 1.807) is 6.92 Å². The predicted octanol–water partition coefficient (Wildman–Crippen LogP) is 2.61. The van der Waals surface area contributed by atoms with Crippen LogP contribution in [0.4, 0.5) is 5.95 Å². The van der Waals surface area contributed by atoms with Crippen LogP contribution in [0.1, 0.15) is 39.5 Å². The summed E-state index contributed by atoms with van der Waals surface area (Å²) in [4.78, 5) is 37.7. The lowest BCUT2D eigenvalue weighted by Gasteiger charge is -2.32. The molecule has 156 valence electrons. The number of ether oxygens (including phenoxy) is 2. The fraction of sp³-hybridized carbons (Fsp3) is 0.444. The summed E-state index contributed by atoms with van der Waals surface area (Å²) in [6, 6.07) is 1.39. The third kappa shape index (κ3) is 4.56. The van der Waals surface area contributed by atoms with Crippen molar-refractivity contribution in [2.24, 2.45) is 0 Å². The van der Waals surface area contributed by atoms with Gasteiger partial charge in [-0.25, -0.2) is 9.78 Å². The van der Waals surface area contributed by atoms with Crippen molar-refractivity contribution in [1.29, 1.82) is 0 Å². The second kappa shape index (κ2) is 8.87. The zero-order valence-electron chi connectivity index (χ0n) is 16.2. The van der Waals surface area contributed by atoms with Crippen LogP contribution in [-0.4, -0.2) is 60.2 Å². The minimum Gasteiger partial charge on any atom is -0.481 e.